The summed E-state index contributed by atoms with van der Waals surface area (Å²) in [6.45, 7) is 7.54. The molecule has 2 aromatic rings. The van der Waals surface area contributed by atoms with Gasteiger partial charge in [-0.15, -0.1) is 0 Å². The summed E-state index contributed by atoms with van der Waals surface area (Å²) in [6, 6.07) is 7.87. The van der Waals surface area contributed by atoms with Crippen molar-refractivity contribution in [2.75, 3.05) is 6.61 Å². The zero-order chi connectivity index (χ0) is 15.4. The van der Waals surface area contributed by atoms with Crippen molar-refractivity contribution in [1.82, 2.24) is 9.78 Å². The lowest BCUT2D eigenvalue weighted by Gasteiger charge is -2.08. The molecule has 21 heavy (non-hydrogen) atoms. The van der Waals surface area contributed by atoms with Crippen LogP contribution in [0.2, 0.25) is 0 Å². The monoisotopic (exact) mass is 303 g/mol. The van der Waals surface area contributed by atoms with E-state index < -0.39 is 0 Å². The minimum Gasteiger partial charge on any atom is -0.492 e. The van der Waals surface area contributed by atoms with Gasteiger partial charge >= 0.3 is 0 Å². The lowest BCUT2D eigenvalue weighted by atomic mass is 10.1. The highest BCUT2D eigenvalue weighted by Gasteiger charge is 2.06. The van der Waals surface area contributed by atoms with Gasteiger partial charge in [-0.05, 0) is 44.0 Å². The van der Waals surface area contributed by atoms with E-state index in [1.54, 1.807) is 0 Å². The molecular weight excluding hydrogens is 282 g/mol. The Kier molecular flexibility index (Phi) is 4.96. The Morgan fingerprint density at radius 3 is 2.43 bits per heavy atom. The van der Waals surface area contributed by atoms with Gasteiger partial charge in [-0.25, -0.2) is 0 Å². The molecule has 1 heterocycles. The SMILES string of the molecule is Cc1nn(CCOc2ccc(CC(N)=S)cc2)c(C)c1C. The van der Waals surface area contributed by atoms with Crippen LogP contribution in [0.4, 0.5) is 0 Å². The van der Waals surface area contributed by atoms with Gasteiger partial charge in [0.15, 0.2) is 0 Å². The van der Waals surface area contributed by atoms with Gasteiger partial charge in [-0.2, -0.15) is 5.10 Å². The molecule has 1 aromatic carbocycles. The molecule has 1 aromatic heterocycles. The quantitative estimate of drug-likeness (QED) is 0.834. The standard InChI is InChI=1S/C16H21N3OS/c1-11-12(2)18-19(13(11)3)8-9-20-15-6-4-14(5-7-15)10-16(17)21/h4-7H,8-10H2,1-3H3,(H2,17,21). The van der Waals surface area contributed by atoms with Crippen molar-refractivity contribution in [1.29, 1.82) is 0 Å². The second kappa shape index (κ2) is 6.72. The van der Waals surface area contributed by atoms with Crippen LogP contribution in [0.5, 0.6) is 5.75 Å². The van der Waals surface area contributed by atoms with Crippen molar-refractivity contribution in [3.05, 3.63) is 46.8 Å². The van der Waals surface area contributed by atoms with E-state index in [9.17, 15) is 0 Å². The molecule has 5 heteroatoms. The molecule has 0 radical (unpaired) electrons. The van der Waals surface area contributed by atoms with Gasteiger partial charge < -0.3 is 10.5 Å². The highest BCUT2D eigenvalue weighted by molar-refractivity contribution is 7.80. The molecule has 0 saturated heterocycles. The van der Waals surface area contributed by atoms with Gasteiger partial charge in [0.1, 0.15) is 12.4 Å². The predicted octanol–water partition coefficient (Wildman–Crippen LogP) is 2.72. The van der Waals surface area contributed by atoms with E-state index in [1.807, 2.05) is 35.9 Å². The van der Waals surface area contributed by atoms with Crippen molar-refractivity contribution in [3.63, 3.8) is 0 Å². The van der Waals surface area contributed by atoms with Gasteiger partial charge in [0.25, 0.3) is 0 Å². The Morgan fingerprint density at radius 2 is 1.90 bits per heavy atom. The Labute approximate surface area is 130 Å². The second-order valence-corrected chi connectivity index (χ2v) is 5.68. The fourth-order valence-corrected chi connectivity index (χ4v) is 2.33. The van der Waals surface area contributed by atoms with Crippen molar-refractivity contribution in [3.8, 4) is 5.75 Å². The normalized spacial score (nSPS) is 10.6. The maximum Gasteiger partial charge on any atom is 0.119 e. The summed E-state index contributed by atoms with van der Waals surface area (Å²) in [5.74, 6) is 0.847. The fourth-order valence-electron chi connectivity index (χ4n) is 2.16. The first kappa shape index (κ1) is 15.5. The van der Waals surface area contributed by atoms with E-state index in [0.29, 0.717) is 18.0 Å². The van der Waals surface area contributed by atoms with E-state index in [-0.39, 0.29) is 0 Å². The predicted molar refractivity (Wildman–Crippen MR) is 88.9 cm³/mol. The van der Waals surface area contributed by atoms with Crippen LogP contribution in [0, 0.1) is 20.8 Å². The fraction of sp³-hybridized carbons (Fsp3) is 0.375. The summed E-state index contributed by atoms with van der Waals surface area (Å²) in [4.78, 5) is 0.503. The third-order valence-corrected chi connectivity index (χ3v) is 3.76. The molecule has 0 bridgehead atoms. The van der Waals surface area contributed by atoms with Crippen molar-refractivity contribution >= 4 is 17.2 Å². The number of rotatable bonds is 6. The smallest absolute Gasteiger partial charge is 0.119 e. The van der Waals surface area contributed by atoms with Crippen molar-refractivity contribution < 1.29 is 4.74 Å². The van der Waals surface area contributed by atoms with Crippen LogP contribution < -0.4 is 10.5 Å². The third kappa shape index (κ3) is 4.04. The number of ether oxygens (including phenoxy) is 1. The van der Waals surface area contributed by atoms with Gasteiger partial charge in [0, 0.05) is 12.1 Å². The lowest BCUT2D eigenvalue weighted by Crippen LogP contribution is -2.12. The Hall–Kier alpha value is -1.88. The van der Waals surface area contributed by atoms with Crippen LogP contribution in [-0.4, -0.2) is 21.4 Å². The van der Waals surface area contributed by atoms with E-state index in [4.69, 9.17) is 22.7 Å². The summed E-state index contributed by atoms with van der Waals surface area (Å²) in [6.07, 6.45) is 0.626. The molecule has 0 fully saturated rings. The average molecular weight is 303 g/mol. The number of nitrogens with two attached hydrogens (primary N) is 1. The summed E-state index contributed by atoms with van der Waals surface area (Å²) in [5, 5.41) is 4.50. The molecule has 2 N–H and O–H groups in total. The van der Waals surface area contributed by atoms with Gasteiger partial charge in [-0.3, -0.25) is 4.68 Å². The molecule has 0 aliphatic carbocycles. The minimum absolute atomic E-state index is 0.503. The maximum atomic E-state index is 5.75. The molecule has 112 valence electrons. The van der Waals surface area contributed by atoms with Gasteiger partial charge in [-0.1, -0.05) is 24.4 Å². The minimum atomic E-state index is 0.503. The van der Waals surface area contributed by atoms with Crippen LogP contribution in [0.15, 0.2) is 24.3 Å². The van der Waals surface area contributed by atoms with Crippen LogP contribution in [0.3, 0.4) is 0 Å². The lowest BCUT2D eigenvalue weighted by molar-refractivity contribution is 0.289. The first-order chi connectivity index (χ1) is 9.97. The summed E-state index contributed by atoms with van der Waals surface area (Å²) in [5.41, 5.74) is 10.1. The number of nitrogens with zero attached hydrogens (tertiary/aromatic N) is 2. The molecule has 0 unspecified atom stereocenters. The highest BCUT2D eigenvalue weighted by Crippen LogP contribution is 2.14. The molecule has 0 atom stereocenters. The number of aromatic nitrogens is 2. The molecule has 0 amide bonds. The zero-order valence-electron chi connectivity index (χ0n) is 12.7. The summed E-state index contributed by atoms with van der Waals surface area (Å²) < 4.78 is 7.74. The van der Waals surface area contributed by atoms with Crippen molar-refractivity contribution in [2.45, 2.75) is 33.7 Å². The van der Waals surface area contributed by atoms with Gasteiger partial charge in [0.2, 0.25) is 0 Å². The topological polar surface area (TPSA) is 53.1 Å². The number of hydrogen-bond donors (Lipinski definition) is 1. The number of hydrogen-bond acceptors (Lipinski definition) is 3. The third-order valence-electron chi connectivity index (χ3n) is 3.62. The Bertz CT molecular complexity index is 632. The van der Waals surface area contributed by atoms with Crippen LogP contribution in [-0.2, 0) is 13.0 Å². The maximum absolute atomic E-state index is 5.75. The molecular formula is C16H21N3OS. The summed E-state index contributed by atoms with van der Waals surface area (Å²) >= 11 is 4.90. The molecule has 2 rings (SSSR count). The van der Waals surface area contributed by atoms with Gasteiger partial charge in [0.05, 0.1) is 17.2 Å². The molecule has 0 aliphatic heterocycles. The zero-order valence-corrected chi connectivity index (χ0v) is 13.5. The largest absolute Gasteiger partial charge is 0.492 e. The molecule has 0 aliphatic rings. The Morgan fingerprint density at radius 1 is 1.24 bits per heavy atom. The number of benzene rings is 1. The van der Waals surface area contributed by atoms with Crippen molar-refractivity contribution in [2.24, 2.45) is 5.73 Å². The van der Waals surface area contributed by atoms with E-state index in [0.717, 1.165) is 23.6 Å². The van der Waals surface area contributed by atoms with E-state index in [1.165, 1.54) is 11.3 Å². The first-order valence-electron chi connectivity index (χ1n) is 6.98. The number of thiocarbonyl (C=S) groups is 1. The average Bonchev–Trinajstić information content (AvgIpc) is 2.68. The van der Waals surface area contributed by atoms with Crippen LogP contribution >= 0.6 is 12.2 Å². The molecule has 0 spiro atoms. The molecule has 4 nitrogen and oxygen atoms in total. The summed E-state index contributed by atoms with van der Waals surface area (Å²) in [7, 11) is 0. The van der Waals surface area contributed by atoms with E-state index in [2.05, 4.69) is 18.9 Å². The second-order valence-electron chi connectivity index (χ2n) is 5.15. The Balaban J connectivity index is 1.88. The highest BCUT2D eigenvalue weighted by atomic mass is 32.1. The van der Waals surface area contributed by atoms with Crippen LogP contribution in [0.1, 0.15) is 22.5 Å². The first-order valence-corrected chi connectivity index (χ1v) is 7.39. The molecule has 0 saturated carbocycles. The van der Waals surface area contributed by atoms with Crippen LogP contribution in [0.25, 0.3) is 0 Å². The number of aryl methyl sites for hydroxylation is 1. The van der Waals surface area contributed by atoms with E-state index >= 15 is 0 Å².